The molecule has 2 aliphatic heterocycles. The second kappa shape index (κ2) is 9.71. The van der Waals surface area contributed by atoms with Crippen LogP contribution < -0.4 is 4.90 Å². The Kier molecular flexibility index (Phi) is 7.51. The van der Waals surface area contributed by atoms with Gasteiger partial charge in [-0.2, -0.15) is 0 Å². The number of rotatable bonds is 6. The van der Waals surface area contributed by atoms with Crippen molar-refractivity contribution < 1.29 is 8.42 Å². The van der Waals surface area contributed by atoms with Gasteiger partial charge in [-0.05, 0) is 43.7 Å². The maximum Gasteiger partial charge on any atom is 0.273 e. The van der Waals surface area contributed by atoms with Gasteiger partial charge in [0.25, 0.3) is 10.0 Å². The van der Waals surface area contributed by atoms with Crippen molar-refractivity contribution >= 4 is 57.1 Å². The molecule has 1 saturated heterocycles. The number of sulfonamides is 1. The van der Waals surface area contributed by atoms with Crippen molar-refractivity contribution in [3.8, 4) is 0 Å². The van der Waals surface area contributed by atoms with E-state index in [-0.39, 0.29) is 12.4 Å². The molecule has 0 bridgehead atoms. The van der Waals surface area contributed by atoms with Gasteiger partial charge in [0.15, 0.2) is 0 Å². The summed E-state index contributed by atoms with van der Waals surface area (Å²) in [6.45, 7) is 5.69. The summed E-state index contributed by atoms with van der Waals surface area (Å²) in [5, 5.41) is 0. The fraction of sp³-hybridized carbons (Fsp3) is 0.400. The summed E-state index contributed by atoms with van der Waals surface area (Å²) in [7, 11) is -3.44. The molecular weight excluding hydrogens is 449 g/mol. The van der Waals surface area contributed by atoms with Crippen LogP contribution in [0, 0.1) is 0 Å². The maximum atomic E-state index is 12.7. The average molecular weight is 474 g/mol. The number of halogens is 2. The molecule has 0 N–H and O–H groups in total. The number of anilines is 1. The third-order valence-corrected chi connectivity index (χ3v) is 8.84. The van der Waals surface area contributed by atoms with Gasteiger partial charge in [-0.1, -0.05) is 29.8 Å². The highest BCUT2D eigenvalue weighted by Gasteiger charge is 2.29. The Hall–Kier alpha value is -1.25. The number of unbranched alkanes of at least 4 members (excludes halogenated alkanes) is 1. The predicted octanol–water partition coefficient (Wildman–Crippen LogP) is 4.40. The Bertz CT molecular complexity index is 940. The van der Waals surface area contributed by atoms with Gasteiger partial charge in [0.05, 0.1) is 4.34 Å². The molecule has 0 atom stereocenters. The zero-order valence-electron chi connectivity index (χ0n) is 16.0. The molecule has 0 aliphatic carbocycles. The number of nitrogens with zero attached hydrogens (tertiary/aromatic N) is 3. The molecule has 1 aromatic heterocycles. The molecule has 4 rings (SSSR count). The molecule has 1 aromatic carbocycles. The van der Waals surface area contributed by atoms with Crippen molar-refractivity contribution in [3.05, 3.63) is 52.5 Å². The summed E-state index contributed by atoms with van der Waals surface area (Å²) < 4.78 is 27.7. The number of benzene rings is 1. The first-order chi connectivity index (χ1) is 13.5. The summed E-state index contributed by atoms with van der Waals surface area (Å²) in [5.74, 6) is 0. The van der Waals surface area contributed by atoms with Crippen LogP contribution in [0.1, 0.15) is 18.4 Å². The molecule has 3 heterocycles. The third-order valence-electron chi connectivity index (χ3n) is 5.25. The lowest BCUT2D eigenvalue weighted by atomic mass is 10.2. The second-order valence-corrected chi connectivity index (χ2v) is 10.9. The van der Waals surface area contributed by atoms with Crippen LogP contribution in [0.3, 0.4) is 0 Å². The summed E-state index contributed by atoms with van der Waals surface area (Å²) in [6, 6.07) is 12.2. The first-order valence-electron chi connectivity index (χ1n) is 9.56. The Morgan fingerprint density at radius 2 is 1.69 bits per heavy atom. The van der Waals surface area contributed by atoms with Crippen molar-refractivity contribution in [2.45, 2.75) is 17.1 Å². The molecular formula is C20H25Cl2N3O2S2. The van der Waals surface area contributed by atoms with Crippen LogP contribution in [0.15, 0.2) is 46.8 Å². The summed E-state index contributed by atoms with van der Waals surface area (Å²) in [4.78, 5) is 4.89. The molecule has 2 aliphatic rings. The molecule has 1 fully saturated rings. The Morgan fingerprint density at radius 1 is 1.00 bits per heavy atom. The predicted molar refractivity (Wildman–Crippen MR) is 124 cm³/mol. The van der Waals surface area contributed by atoms with Crippen LogP contribution in [0.5, 0.6) is 0 Å². The Balaban J connectivity index is 0.00000240. The van der Waals surface area contributed by atoms with Crippen molar-refractivity contribution in [2.24, 2.45) is 0 Å². The van der Waals surface area contributed by atoms with Crippen molar-refractivity contribution in [1.82, 2.24) is 9.21 Å². The number of hydrogen-bond acceptors (Lipinski definition) is 5. The van der Waals surface area contributed by atoms with E-state index in [9.17, 15) is 8.42 Å². The Labute approximate surface area is 188 Å². The monoisotopic (exact) mass is 473 g/mol. The van der Waals surface area contributed by atoms with Crippen LogP contribution in [-0.2, 0) is 10.0 Å². The third kappa shape index (κ3) is 5.09. The van der Waals surface area contributed by atoms with E-state index < -0.39 is 10.0 Å². The normalized spacial score (nSPS) is 18.4. The van der Waals surface area contributed by atoms with Crippen LogP contribution >= 0.6 is 35.3 Å². The first kappa shape index (κ1) is 22.4. The quantitative estimate of drug-likeness (QED) is 0.583. The number of piperazine rings is 1. The van der Waals surface area contributed by atoms with Gasteiger partial charge in [0, 0.05) is 50.2 Å². The summed E-state index contributed by atoms with van der Waals surface area (Å²) in [5.41, 5.74) is 1.99. The lowest BCUT2D eigenvalue weighted by Crippen LogP contribution is -2.46. The van der Waals surface area contributed by atoms with E-state index in [4.69, 9.17) is 11.6 Å². The van der Waals surface area contributed by atoms with E-state index in [1.54, 1.807) is 12.3 Å². The van der Waals surface area contributed by atoms with E-state index in [1.165, 1.54) is 9.99 Å². The standard InChI is InChI=1S/C20H24ClN3O2S2.ClH/c21-19-16-17-8-11-24(28(25,26)20(17)27-19)10-5-4-9-22-12-14-23(15-13-22)18-6-2-1-3-7-18;/h1-3,6-8,11,16H,4-5,9-10,12-15H2;1H. The van der Waals surface area contributed by atoms with E-state index in [2.05, 4.69) is 34.1 Å². The highest BCUT2D eigenvalue weighted by molar-refractivity contribution is 7.91. The van der Waals surface area contributed by atoms with E-state index in [0.717, 1.165) is 56.9 Å². The second-order valence-electron chi connectivity index (χ2n) is 7.10. The van der Waals surface area contributed by atoms with Crippen LogP contribution in [-0.4, -0.2) is 56.9 Å². The number of thiophene rings is 1. The minimum atomic E-state index is -3.44. The summed E-state index contributed by atoms with van der Waals surface area (Å²) >= 11 is 7.11. The molecule has 5 nitrogen and oxygen atoms in total. The zero-order valence-corrected chi connectivity index (χ0v) is 19.2. The van der Waals surface area contributed by atoms with E-state index >= 15 is 0 Å². The fourth-order valence-corrected chi connectivity index (χ4v) is 6.99. The smallest absolute Gasteiger partial charge is 0.273 e. The van der Waals surface area contributed by atoms with Crippen LogP contribution in [0.25, 0.3) is 6.08 Å². The molecule has 29 heavy (non-hydrogen) atoms. The topological polar surface area (TPSA) is 43.9 Å². The van der Waals surface area contributed by atoms with Crippen molar-refractivity contribution in [3.63, 3.8) is 0 Å². The molecule has 0 saturated carbocycles. The zero-order chi connectivity index (χ0) is 19.6. The SMILES string of the molecule is Cl.O=S1(=O)c2sc(Cl)cc2C=CN1CCCCN1CCN(c2ccccc2)CC1. The largest absolute Gasteiger partial charge is 0.369 e. The molecule has 0 amide bonds. The lowest BCUT2D eigenvalue weighted by Gasteiger charge is -2.36. The minimum Gasteiger partial charge on any atom is -0.369 e. The van der Waals surface area contributed by atoms with E-state index in [0.29, 0.717) is 20.7 Å². The maximum absolute atomic E-state index is 12.7. The molecule has 0 spiro atoms. The van der Waals surface area contributed by atoms with Crippen LogP contribution in [0.4, 0.5) is 5.69 Å². The van der Waals surface area contributed by atoms with Crippen molar-refractivity contribution in [2.75, 3.05) is 44.2 Å². The molecule has 158 valence electrons. The molecule has 2 aromatic rings. The van der Waals surface area contributed by atoms with Gasteiger partial charge < -0.3 is 4.90 Å². The van der Waals surface area contributed by atoms with Gasteiger partial charge in [-0.25, -0.2) is 8.42 Å². The highest BCUT2D eigenvalue weighted by Crippen LogP contribution is 2.36. The molecule has 9 heteroatoms. The van der Waals surface area contributed by atoms with Crippen molar-refractivity contribution in [1.29, 1.82) is 0 Å². The van der Waals surface area contributed by atoms with Gasteiger partial charge in [0.2, 0.25) is 0 Å². The number of hydrogen-bond donors (Lipinski definition) is 0. The van der Waals surface area contributed by atoms with Gasteiger partial charge in [0.1, 0.15) is 4.21 Å². The average Bonchev–Trinajstić information content (AvgIpc) is 3.10. The fourth-order valence-electron chi connectivity index (χ4n) is 3.69. The van der Waals surface area contributed by atoms with Gasteiger partial charge in [-0.15, -0.1) is 23.7 Å². The Morgan fingerprint density at radius 3 is 2.41 bits per heavy atom. The highest BCUT2D eigenvalue weighted by atomic mass is 35.5. The minimum absolute atomic E-state index is 0. The van der Waals surface area contributed by atoms with Gasteiger partial charge >= 0.3 is 0 Å². The molecule has 0 unspecified atom stereocenters. The molecule has 0 radical (unpaired) electrons. The van der Waals surface area contributed by atoms with Crippen LogP contribution in [0.2, 0.25) is 4.34 Å². The van der Waals surface area contributed by atoms with Gasteiger partial charge in [-0.3, -0.25) is 9.21 Å². The first-order valence-corrected chi connectivity index (χ1v) is 12.2. The number of fused-ring (bicyclic) bond motifs is 1. The van der Waals surface area contributed by atoms with E-state index in [1.807, 2.05) is 12.1 Å². The summed E-state index contributed by atoms with van der Waals surface area (Å²) in [6.07, 6.45) is 5.33. The lowest BCUT2D eigenvalue weighted by molar-refractivity contribution is 0.251. The number of para-hydroxylation sites is 1.